The molecule has 0 bridgehead atoms. The van der Waals surface area contributed by atoms with E-state index in [0.29, 0.717) is 0 Å². The molecule has 8 aromatic carbocycles. The molecule has 0 spiro atoms. The van der Waals surface area contributed by atoms with Crippen molar-refractivity contribution in [2.75, 3.05) is 9.80 Å². The zero-order valence-corrected chi connectivity index (χ0v) is 35.2. The zero-order chi connectivity index (χ0) is 40.7. The number of hydrogen-bond donors (Lipinski definition) is 0. The third kappa shape index (κ3) is 5.03. The van der Waals surface area contributed by atoms with E-state index in [1.807, 2.05) is 0 Å². The van der Waals surface area contributed by atoms with Gasteiger partial charge in [-0.25, -0.2) is 0 Å². The van der Waals surface area contributed by atoms with E-state index in [1.165, 1.54) is 111 Å². The topological polar surface area (TPSA) is 6.48 Å². The summed E-state index contributed by atoms with van der Waals surface area (Å²) in [7, 11) is 0. The zero-order valence-electron chi connectivity index (χ0n) is 35.2. The van der Waals surface area contributed by atoms with Gasteiger partial charge in [0.25, 0.3) is 0 Å². The fourth-order valence-electron chi connectivity index (χ4n) is 10.8. The summed E-state index contributed by atoms with van der Waals surface area (Å²) < 4.78 is 0. The number of fused-ring (bicyclic) bond motifs is 10. The maximum atomic E-state index is 2.57. The third-order valence-electron chi connectivity index (χ3n) is 13.8. The van der Waals surface area contributed by atoms with Crippen molar-refractivity contribution >= 4 is 80.3 Å². The maximum absolute atomic E-state index is 2.57. The fourth-order valence-corrected chi connectivity index (χ4v) is 10.8. The van der Waals surface area contributed by atoms with Crippen molar-refractivity contribution in [1.29, 1.82) is 0 Å². The van der Waals surface area contributed by atoms with Crippen LogP contribution in [0.4, 0.5) is 34.1 Å². The average Bonchev–Trinajstić information content (AvgIpc) is 3.78. The summed E-state index contributed by atoms with van der Waals surface area (Å²) in [5, 5.41) is 0. The molecule has 286 valence electrons. The summed E-state index contributed by atoms with van der Waals surface area (Å²) >= 11 is 0. The van der Waals surface area contributed by atoms with Crippen LogP contribution in [0.3, 0.4) is 0 Å². The van der Waals surface area contributed by atoms with E-state index >= 15 is 0 Å². The van der Waals surface area contributed by atoms with Crippen molar-refractivity contribution < 1.29 is 0 Å². The van der Waals surface area contributed by atoms with Crippen molar-refractivity contribution in [3.05, 3.63) is 181 Å². The highest BCUT2D eigenvalue weighted by Gasteiger charge is 2.47. The number of anilines is 6. The standard InChI is InChI=1S/C56H46B2N2/c1-55(2,3)37-26-23-35(24-27-37)36-25-29-45-43(31-36)41-19-13-21-49-53(41)57(45)47-33-52-48(34-51(47)59(49)39-15-9-7-10-16-39)58-46-30-28-38(56(4,5)6)32-44(46)42-20-14-22-50(54(42)58)60(52)40-17-11-8-12-18-40/h7-34H,1-6H3. The minimum atomic E-state index is 0.0514. The minimum absolute atomic E-state index is 0.0514. The lowest BCUT2D eigenvalue weighted by Gasteiger charge is -2.41. The normalized spacial score (nSPS) is 14.0. The molecule has 4 heterocycles. The summed E-state index contributed by atoms with van der Waals surface area (Å²) in [5.41, 5.74) is 26.5. The number of nitrogens with zero attached hydrogens (tertiary/aromatic N) is 2. The van der Waals surface area contributed by atoms with Crippen LogP contribution in [0.15, 0.2) is 170 Å². The molecule has 0 N–H and O–H groups in total. The molecule has 4 heteroatoms. The maximum Gasteiger partial charge on any atom is 0.248 e. The molecule has 0 saturated carbocycles. The van der Waals surface area contributed by atoms with E-state index in [9.17, 15) is 0 Å². The third-order valence-corrected chi connectivity index (χ3v) is 13.8. The molecule has 0 aliphatic carbocycles. The van der Waals surface area contributed by atoms with Gasteiger partial charge in [-0.05, 0) is 132 Å². The van der Waals surface area contributed by atoms with Crippen molar-refractivity contribution in [2.45, 2.75) is 52.4 Å². The van der Waals surface area contributed by atoms with E-state index in [1.54, 1.807) is 0 Å². The van der Waals surface area contributed by atoms with Gasteiger partial charge < -0.3 is 9.80 Å². The summed E-state index contributed by atoms with van der Waals surface area (Å²) in [5.74, 6) is 0. The first-order chi connectivity index (χ1) is 29.0. The van der Waals surface area contributed by atoms with Crippen LogP contribution in [0, 0.1) is 0 Å². The van der Waals surface area contributed by atoms with Gasteiger partial charge in [0, 0.05) is 34.1 Å². The Morgan fingerprint density at radius 3 is 1.28 bits per heavy atom. The average molecular weight is 769 g/mol. The SMILES string of the molecule is CC(C)(C)c1ccc(-c2ccc3c(c2)-c2cccc4c2B3c2cc3c(cc2N4c2ccccc2)B2c4ccc(C(C)(C)C)cc4-c4cccc(c42)N3c2ccccc2)cc1. The molecule has 0 unspecified atom stereocenters. The van der Waals surface area contributed by atoms with Gasteiger partial charge in [-0.1, -0.05) is 168 Å². The molecule has 0 radical (unpaired) electrons. The lowest BCUT2D eigenvalue weighted by atomic mass is 9.34. The Morgan fingerprint density at radius 1 is 0.333 bits per heavy atom. The minimum Gasteiger partial charge on any atom is -0.312 e. The monoisotopic (exact) mass is 768 g/mol. The fraction of sp³-hybridized carbons (Fsp3) is 0.143. The number of hydrogen-bond acceptors (Lipinski definition) is 2. The molecule has 0 saturated heterocycles. The van der Waals surface area contributed by atoms with Gasteiger partial charge in [0.2, 0.25) is 13.4 Å². The molecule has 2 nitrogen and oxygen atoms in total. The first kappa shape index (κ1) is 35.4. The second-order valence-electron chi connectivity index (χ2n) is 19.3. The lowest BCUT2D eigenvalue weighted by molar-refractivity contribution is 0.590. The van der Waals surface area contributed by atoms with Crippen molar-refractivity contribution in [3.63, 3.8) is 0 Å². The first-order valence-electron chi connectivity index (χ1n) is 21.6. The molecule has 0 atom stereocenters. The molecule has 4 aliphatic heterocycles. The predicted octanol–water partition coefficient (Wildman–Crippen LogP) is 10.5. The molecule has 4 aliphatic rings. The Hall–Kier alpha value is -6.51. The van der Waals surface area contributed by atoms with Crippen LogP contribution >= 0.6 is 0 Å². The molecule has 8 aromatic rings. The lowest BCUT2D eigenvalue weighted by Crippen LogP contribution is -2.58. The first-order valence-corrected chi connectivity index (χ1v) is 21.6. The van der Waals surface area contributed by atoms with Gasteiger partial charge in [0.15, 0.2) is 0 Å². The van der Waals surface area contributed by atoms with Gasteiger partial charge in [-0.2, -0.15) is 0 Å². The highest BCUT2D eigenvalue weighted by Crippen LogP contribution is 2.45. The quantitative estimate of drug-likeness (QED) is 0.165. The molecular weight excluding hydrogens is 722 g/mol. The van der Waals surface area contributed by atoms with Crippen molar-refractivity contribution in [1.82, 2.24) is 0 Å². The van der Waals surface area contributed by atoms with Crippen molar-refractivity contribution in [3.8, 4) is 33.4 Å². The highest BCUT2D eigenvalue weighted by atomic mass is 15.2. The highest BCUT2D eigenvalue weighted by molar-refractivity contribution is 7.03. The van der Waals surface area contributed by atoms with Crippen LogP contribution < -0.4 is 42.6 Å². The summed E-state index contributed by atoms with van der Waals surface area (Å²) in [4.78, 5) is 5.10. The summed E-state index contributed by atoms with van der Waals surface area (Å²) in [6.45, 7) is 14.0. The van der Waals surface area contributed by atoms with E-state index in [-0.39, 0.29) is 24.3 Å². The number of para-hydroxylation sites is 2. The molecular formula is C56H46B2N2. The van der Waals surface area contributed by atoms with Gasteiger partial charge in [0.05, 0.1) is 0 Å². The van der Waals surface area contributed by atoms with Gasteiger partial charge in [-0.3, -0.25) is 0 Å². The molecule has 0 amide bonds. The van der Waals surface area contributed by atoms with Crippen LogP contribution in [0.1, 0.15) is 52.7 Å². The van der Waals surface area contributed by atoms with Gasteiger partial charge in [-0.15, -0.1) is 0 Å². The van der Waals surface area contributed by atoms with Crippen LogP contribution in [-0.4, -0.2) is 13.4 Å². The number of benzene rings is 8. The molecule has 12 rings (SSSR count). The Morgan fingerprint density at radius 2 is 0.783 bits per heavy atom. The Kier molecular flexibility index (Phi) is 7.39. The molecule has 60 heavy (non-hydrogen) atoms. The summed E-state index contributed by atoms with van der Waals surface area (Å²) in [6, 6.07) is 64.9. The van der Waals surface area contributed by atoms with Crippen LogP contribution in [-0.2, 0) is 10.8 Å². The summed E-state index contributed by atoms with van der Waals surface area (Å²) in [6.07, 6.45) is 0. The second kappa shape index (κ2) is 12.5. The smallest absolute Gasteiger partial charge is 0.248 e. The van der Waals surface area contributed by atoms with Gasteiger partial charge >= 0.3 is 0 Å². The van der Waals surface area contributed by atoms with Crippen molar-refractivity contribution in [2.24, 2.45) is 0 Å². The largest absolute Gasteiger partial charge is 0.312 e. The molecule has 0 fully saturated rings. The Labute approximate surface area is 355 Å². The second-order valence-corrected chi connectivity index (χ2v) is 19.3. The van der Waals surface area contributed by atoms with E-state index < -0.39 is 0 Å². The number of rotatable bonds is 3. The van der Waals surface area contributed by atoms with E-state index in [0.717, 1.165) is 0 Å². The predicted molar refractivity (Wildman–Crippen MR) is 259 cm³/mol. The van der Waals surface area contributed by atoms with Crippen LogP contribution in [0.25, 0.3) is 33.4 Å². The van der Waals surface area contributed by atoms with Gasteiger partial charge in [0.1, 0.15) is 0 Å². The molecule has 0 aromatic heterocycles. The van der Waals surface area contributed by atoms with Crippen LogP contribution in [0.5, 0.6) is 0 Å². The van der Waals surface area contributed by atoms with Crippen LogP contribution in [0.2, 0.25) is 0 Å². The van der Waals surface area contributed by atoms with E-state index in [4.69, 9.17) is 0 Å². The Balaban J connectivity index is 1.12. The van der Waals surface area contributed by atoms with E-state index in [2.05, 4.69) is 221 Å². The Bertz CT molecular complexity index is 3060.